The van der Waals surface area contributed by atoms with Crippen molar-refractivity contribution in [3.05, 3.63) is 65.4 Å². The molecule has 0 amide bonds. The molecule has 0 radical (unpaired) electrons. The van der Waals surface area contributed by atoms with Gasteiger partial charge < -0.3 is 14.9 Å². The van der Waals surface area contributed by atoms with Crippen molar-refractivity contribution >= 4 is 11.0 Å². The number of ether oxygens (including phenoxy) is 1. The first-order valence-electron chi connectivity index (χ1n) is 6.57. The standard InChI is InChI=1S/C17H17NO2/c1-11-7-8-15(19-2)13(9-11)17(18)16-10-12-5-3-4-6-14(12)20-16/h3-10,17H,18H2,1-2H3. The highest BCUT2D eigenvalue weighted by atomic mass is 16.5. The lowest BCUT2D eigenvalue weighted by atomic mass is 10.0. The molecule has 0 aliphatic carbocycles. The molecule has 20 heavy (non-hydrogen) atoms. The minimum Gasteiger partial charge on any atom is -0.496 e. The molecule has 102 valence electrons. The van der Waals surface area contributed by atoms with E-state index in [9.17, 15) is 0 Å². The summed E-state index contributed by atoms with van der Waals surface area (Å²) in [6.45, 7) is 2.04. The maximum absolute atomic E-state index is 6.35. The first-order valence-corrected chi connectivity index (χ1v) is 6.57. The van der Waals surface area contributed by atoms with E-state index in [1.165, 1.54) is 0 Å². The minimum absolute atomic E-state index is 0.336. The Morgan fingerprint density at radius 2 is 1.90 bits per heavy atom. The van der Waals surface area contributed by atoms with Crippen molar-refractivity contribution in [1.82, 2.24) is 0 Å². The van der Waals surface area contributed by atoms with Gasteiger partial charge in [-0.05, 0) is 25.1 Å². The third kappa shape index (κ3) is 2.17. The van der Waals surface area contributed by atoms with Gasteiger partial charge in [-0.25, -0.2) is 0 Å². The molecule has 0 spiro atoms. The highest BCUT2D eigenvalue weighted by molar-refractivity contribution is 5.78. The van der Waals surface area contributed by atoms with Crippen LogP contribution in [0, 0.1) is 6.92 Å². The largest absolute Gasteiger partial charge is 0.496 e. The Bertz CT molecular complexity index is 713. The molecule has 3 heteroatoms. The summed E-state index contributed by atoms with van der Waals surface area (Å²) in [5.41, 5.74) is 9.29. The second-order valence-corrected chi connectivity index (χ2v) is 4.91. The summed E-state index contributed by atoms with van der Waals surface area (Å²) in [6.07, 6.45) is 0. The summed E-state index contributed by atoms with van der Waals surface area (Å²) in [5.74, 6) is 1.53. The molecule has 2 N–H and O–H groups in total. The molecule has 0 saturated carbocycles. The second-order valence-electron chi connectivity index (χ2n) is 4.91. The average molecular weight is 267 g/mol. The molecule has 0 aliphatic heterocycles. The van der Waals surface area contributed by atoms with Gasteiger partial charge in [0.25, 0.3) is 0 Å². The number of aryl methyl sites for hydroxylation is 1. The molecule has 2 aromatic carbocycles. The van der Waals surface area contributed by atoms with E-state index in [0.29, 0.717) is 0 Å². The molecule has 3 rings (SSSR count). The van der Waals surface area contributed by atoms with Crippen LogP contribution in [0.2, 0.25) is 0 Å². The maximum atomic E-state index is 6.35. The lowest BCUT2D eigenvalue weighted by Crippen LogP contribution is -2.12. The number of benzene rings is 2. The molecule has 0 aliphatic rings. The fourth-order valence-corrected chi connectivity index (χ4v) is 2.41. The van der Waals surface area contributed by atoms with E-state index in [4.69, 9.17) is 14.9 Å². The van der Waals surface area contributed by atoms with Gasteiger partial charge in [-0.3, -0.25) is 0 Å². The normalized spacial score (nSPS) is 12.6. The molecule has 3 aromatic rings. The molecule has 0 bridgehead atoms. The van der Waals surface area contributed by atoms with Crippen LogP contribution in [0.25, 0.3) is 11.0 Å². The first-order chi connectivity index (χ1) is 9.69. The van der Waals surface area contributed by atoms with Crippen LogP contribution in [0.3, 0.4) is 0 Å². The Hall–Kier alpha value is -2.26. The Balaban J connectivity index is 2.07. The number of rotatable bonds is 3. The lowest BCUT2D eigenvalue weighted by Gasteiger charge is -2.14. The first kappa shape index (κ1) is 12.8. The van der Waals surface area contributed by atoms with Crippen LogP contribution in [-0.4, -0.2) is 7.11 Å². The quantitative estimate of drug-likeness (QED) is 0.785. The van der Waals surface area contributed by atoms with E-state index in [1.807, 2.05) is 55.5 Å². The van der Waals surface area contributed by atoms with Gasteiger partial charge in [0, 0.05) is 10.9 Å². The molecule has 0 saturated heterocycles. The van der Waals surface area contributed by atoms with Crippen LogP contribution in [0.4, 0.5) is 0 Å². The van der Waals surface area contributed by atoms with Gasteiger partial charge in [-0.1, -0.05) is 35.9 Å². The van der Waals surface area contributed by atoms with Gasteiger partial charge in [-0.2, -0.15) is 0 Å². The van der Waals surface area contributed by atoms with Crippen molar-refractivity contribution < 1.29 is 9.15 Å². The van der Waals surface area contributed by atoms with Gasteiger partial charge in [0.15, 0.2) is 0 Å². The zero-order valence-electron chi connectivity index (χ0n) is 11.6. The monoisotopic (exact) mass is 267 g/mol. The topological polar surface area (TPSA) is 48.4 Å². The van der Waals surface area contributed by atoms with Gasteiger partial charge in [0.05, 0.1) is 13.2 Å². The van der Waals surface area contributed by atoms with Gasteiger partial charge in [0.1, 0.15) is 17.1 Å². The van der Waals surface area contributed by atoms with Crippen molar-refractivity contribution in [2.24, 2.45) is 5.73 Å². The number of methoxy groups -OCH3 is 1. The predicted octanol–water partition coefficient (Wildman–Crippen LogP) is 3.80. The zero-order chi connectivity index (χ0) is 14.1. The number of furan rings is 1. The number of fused-ring (bicyclic) bond motifs is 1. The lowest BCUT2D eigenvalue weighted by molar-refractivity contribution is 0.404. The van der Waals surface area contributed by atoms with E-state index in [2.05, 4.69) is 0 Å². The number of hydrogen-bond acceptors (Lipinski definition) is 3. The molecular weight excluding hydrogens is 250 g/mol. The van der Waals surface area contributed by atoms with Crippen molar-refractivity contribution in [3.8, 4) is 5.75 Å². The van der Waals surface area contributed by atoms with Gasteiger partial charge in [0.2, 0.25) is 0 Å². The molecule has 0 fully saturated rings. The number of nitrogens with two attached hydrogens (primary N) is 1. The molecule has 1 unspecified atom stereocenters. The summed E-state index contributed by atoms with van der Waals surface area (Å²) >= 11 is 0. The van der Waals surface area contributed by atoms with Crippen LogP contribution >= 0.6 is 0 Å². The van der Waals surface area contributed by atoms with Crippen molar-refractivity contribution in [1.29, 1.82) is 0 Å². The number of para-hydroxylation sites is 1. The molecule has 1 atom stereocenters. The highest BCUT2D eigenvalue weighted by Crippen LogP contribution is 2.32. The van der Waals surface area contributed by atoms with E-state index >= 15 is 0 Å². The Kier molecular flexibility index (Phi) is 3.20. The SMILES string of the molecule is COc1ccc(C)cc1C(N)c1cc2ccccc2o1. The highest BCUT2D eigenvalue weighted by Gasteiger charge is 2.18. The third-order valence-corrected chi connectivity index (χ3v) is 3.47. The maximum Gasteiger partial charge on any atom is 0.134 e. The van der Waals surface area contributed by atoms with Crippen LogP contribution < -0.4 is 10.5 Å². The van der Waals surface area contributed by atoms with Crippen molar-refractivity contribution in [2.75, 3.05) is 7.11 Å². The van der Waals surface area contributed by atoms with E-state index in [0.717, 1.165) is 33.6 Å². The van der Waals surface area contributed by atoms with E-state index < -0.39 is 0 Å². The van der Waals surface area contributed by atoms with Crippen LogP contribution in [0.5, 0.6) is 5.75 Å². The predicted molar refractivity (Wildman–Crippen MR) is 80.0 cm³/mol. The van der Waals surface area contributed by atoms with Crippen LogP contribution in [0.1, 0.15) is 22.9 Å². The third-order valence-electron chi connectivity index (χ3n) is 3.47. The van der Waals surface area contributed by atoms with Gasteiger partial charge >= 0.3 is 0 Å². The van der Waals surface area contributed by atoms with Crippen molar-refractivity contribution in [2.45, 2.75) is 13.0 Å². The average Bonchev–Trinajstić information content (AvgIpc) is 2.90. The summed E-state index contributed by atoms with van der Waals surface area (Å²) in [6, 6.07) is 15.5. The van der Waals surface area contributed by atoms with Gasteiger partial charge in [-0.15, -0.1) is 0 Å². The van der Waals surface area contributed by atoms with E-state index in [1.54, 1.807) is 7.11 Å². The molecular formula is C17H17NO2. The second kappa shape index (κ2) is 5.02. The minimum atomic E-state index is -0.336. The Morgan fingerprint density at radius 3 is 2.65 bits per heavy atom. The smallest absolute Gasteiger partial charge is 0.134 e. The molecule has 1 heterocycles. The molecule has 1 aromatic heterocycles. The Labute approximate surface area is 118 Å². The van der Waals surface area contributed by atoms with Crippen LogP contribution in [0.15, 0.2) is 52.9 Å². The summed E-state index contributed by atoms with van der Waals surface area (Å²) in [4.78, 5) is 0. The molecule has 3 nitrogen and oxygen atoms in total. The summed E-state index contributed by atoms with van der Waals surface area (Å²) < 4.78 is 11.2. The Morgan fingerprint density at radius 1 is 1.10 bits per heavy atom. The summed E-state index contributed by atoms with van der Waals surface area (Å²) in [7, 11) is 1.65. The summed E-state index contributed by atoms with van der Waals surface area (Å²) in [5, 5.41) is 1.06. The van der Waals surface area contributed by atoms with E-state index in [-0.39, 0.29) is 6.04 Å². The number of hydrogen-bond donors (Lipinski definition) is 1. The fourth-order valence-electron chi connectivity index (χ4n) is 2.41. The van der Waals surface area contributed by atoms with Crippen molar-refractivity contribution in [3.63, 3.8) is 0 Å². The zero-order valence-corrected chi connectivity index (χ0v) is 11.6. The fraction of sp³-hybridized carbons (Fsp3) is 0.176. The van der Waals surface area contributed by atoms with Crippen LogP contribution in [-0.2, 0) is 0 Å².